The van der Waals surface area contributed by atoms with Gasteiger partial charge < -0.3 is 5.32 Å². The van der Waals surface area contributed by atoms with Gasteiger partial charge >= 0.3 is 0 Å². The van der Waals surface area contributed by atoms with Crippen LogP contribution in [0.15, 0.2) is 30.3 Å². The predicted molar refractivity (Wildman–Crippen MR) is 66.3 cm³/mol. The zero-order chi connectivity index (χ0) is 11.7. The number of rotatable bonds is 1. The molecule has 17 heavy (non-hydrogen) atoms. The van der Waals surface area contributed by atoms with Crippen LogP contribution in [0.25, 0.3) is 0 Å². The smallest absolute Gasteiger partial charge is 0.243 e. The summed E-state index contributed by atoms with van der Waals surface area (Å²) in [5.74, 6) is 0.123. The maximum Gasteiger partial charge on any atom is 0.243 e. The van der Waals surface area contributed by atoms with E-state index in [0.717, 1.165) is 18.4 Å². The van der Waals surface area contributed by atoms with E-state index in [0.29, 0.717) is 0 Å². The van der Waals surface area contributed by atoms with E-state index in [9.17, 15) is 4.79 Å². The van der Waals surface area contributed by atoms with Crippen LogP contribution in [0.2, 0.25) is 0 Å². The maximum absolute atomic E-state index is 12.1. The maximum atomic E-state index is 12.1. The van der Waals surface area contributed by atoms with Gasteiger partial charge in [0.2, 0.25) is 5.91 Å². The molecule has 1 heterocycles. The molecule has 90 valence electrons. The summed E-state index contributed by atoms with van der Waals surface area (Å²) < 4.78 is 0. The first-order valence-electron chi connectivity index (χ1n) is 6.44. The van der Waals surface area contributed by atoms with Crippen molar-refractivity contribution in [3.8, 4) is 0 Å². The molecule has 1 atom stereocenters. The molecule has 0 bridgehead atoms. The molecule has 1 amide bonds. The van der Waals surface area contributed by atoms with Crippen LogP contribution in [0.5, 0.6) is 0 Å². The van der Waals surface area contributed by atoms with Gasteiger partial charge in [0.05, 0.1) is 5.66 Å². The lowest BCUT2D eigenvalue weighted by atomic mass is 9.89. The van der Waals surface area contributed by atoms with Crippen molar-refractivity contribution in [2.45, 2.75) is 43.8 Å². The summed E-state index contributed by atoms with van der Waals surface area (Å²) in [5, 5.41) is 6.68. The van der Waals surface area contributed by atoms with E-state index in [1.807, 2.05) is 30.3 Å². The normalized spacial score (nSPS) is 27.1. The zero-order valence-electron chi connectivity index (χ0n) is 9.91. The Balaban J connectivity index is 1.82. The van der Waals surface area contributed by atoms with Gasteiger partial charge in [-0.15, -0.1) is 0 Å². The van der Waals surface area contributed by atoms with Crippen LogP contribution in [-0.2, 0) is 4.79 Å². The first kappa shape index (κ1) is 10.8. The van der Waals surface area contributed by atoms with E-state index >= 15 is 0 Å². The molecule has 1 aliphatic heterocycles. The molecule has 3 nitrogen and oxygen atoms in total. The van der Waals surface area contributed by atoms with Crippen molar-refractivity contribution in [1.29, 1.82) is 0 Å². The van der Waals surface area contributed by atoms with Crippen LogP contribution < -0.4 is 10.6 Å². The Morgan fingerprint density at radius 3 is 2.47 bits per heavy atom. The highest BCUT2D eigenvalue weighted by atomic mass is 16.2. The van der Waals surface area contributed by atoms with Gasteiger partial charge in [0, 0.05) is 0 Å². The minimum atomic E-state index is -0.172. The second kappa shape index (κ2) is 4.15. The quantitative estimate of drug-likeness (QED) is 0.775. The average molecular weight is 230 g/mol. The Bertz CT molecular complexity index is 409. The van der Waals surface area contributed by atoms with Crippen LogP contribution >= 0.6 is 0 Å². The number of benzene rings is 1. The Hall–Kier alpha value is -1.35. The Labute approximate surface area is 102 Å². The molecule has 1 aromatic rings. The third-order valence-corrected chi connectivity index (χ3v) is 3.89. The second-order valence-electron chi connectivity index (χ2n) is 5.12. The molecule has 2 N–H and O–H groups in total. The van der Waals surface area contributed by atoms with Crippen LogP contribution in [0.3, 0.4) is 0 Å². The van der Waals surface area contributed by atoms with E-state index in [2.05, 4.69) is 10.6 Å². The lowest BCUT2D eigenvalue weighted by Gasteiger charge is -2.33. The van der Waals surface area contributed by atoms with Gasteiger partial charge in [-0.05, 0) is 31.2 Å². The molecule has 1 unspecified atom stereocenters. The fraction of sp³-hybridized carbons (Fsp3) is 0.500. The Kier molecular flexibility index (Phi) is 2.63. The van der Waals surface area contributed by atoms with Crippen LogP contribution in [-0.4, -0.2) is 11.6 Å². The lowest BCUT2D eigenvalue weighted by Crippen LogP contribution is -2.51. The number of amides is 1. The summed E-state index contributed by atoms with van der Waals surface area (Å²) in [5.41, 5.74) is 0.933. The van der Waals surface area contributed by atoms with Crippen LogP contribution in [0.4, 0.5) is 0 Å². The van der Waals surface area contributed by atoms with Gasteiger partial charge in [0.25, 0.3) is 0 Å². The molecule has 3 rings (SSSR count). The van der Waals surface area contributed by atoms with Crippen LogP contribution in [0.1, 0.15) is 43.7 Å². The summed E-state index contributed by atoms with van der Waals surface area (Å²) in [6.07, 6.45) is 5.81. The molecule has 2 aliphatic rings. The van der Waals surface area contributed by atoms with E-state index in [1.54, 1.807) is 0 Å². The van der Waals surface area contributed by atoms with Gasteiger partial charge in [0.15, 0.2) is 0 Å². The first-order chi connectivity index (χ1) is 8.29. The summed E-state index contributed by atoms with van der Waals surface area (Å²) in [6, 6.07) is 9.80. The highest BCUT2D eigenvalue weighted by Crippen LogP contribution is 2.33. The Morgan fingerprint density at radius 2 is 1.76 bits per heavy atom. The van der Waals surface area contributed by atoms with Crippen molar-refractivity contribution in [1.82, 2.24) is 10.6 Å². The molecule has 1 saturated carbocycles. The molecule has 3 heteroatoms. The zero-order valence-corrected chi connectivity index (χ0v) is 9.91. The number of hydrogen-bond donors (Lipinski definition) is 2. The molecule has 0 radical (unpaired) electrons. The van der Waals surface area contributed by atoms with E-state index in [4.69, 9.17) is 0 Å². The topological polar surface area (TPSA) is 41.1 Å². The Morgan fingerprint density at radius 1 is 1.06 bits per heavy atom. The van der Waals surface area contributed by atoms with Gasteiger partial charge in [-0.25, -0.2) is 0 Å². The molecule has 0 aromatic heterocycles. The SMILES string of the molecule is O=C1NC2(CCCCC2)NC1c1ccccc1. The van der Waals surface area contributed by atoms with E-state index in [-0.39, 0.29) is 17.6 Å². The molecule has 2 fully saturated rings. The van der Waals surface area contributed by atoms with Crippen molar-refractivity contribution in [3.05, 3.63) is 35.9 Å². The number of nitrogens with one attached hydrogen (secondary N) is 2. The van der Waals surface area contributed by atoms with Gasteiger partial charge in [0.1, 0.15) is 6.04 Å². The minimum Gasteiger partial charge on any atom is -0.336 e. The summed E-state index contributed by atoms with van der Waals surface area (Å²) in [7, 11) is 0. The monoisotopic (exact) mass is 230 g/mol. The molecular weight excluding hydrogens is 212 g/mol. The molecule has 1 saturated heterocycles. The lowest BCUT2D eigenvalue weighted by molar-refractivity contribution is -0.121. The molecule has 1 spiro atoms. The summed E-state index contributed by atoms with van der Waals surface area (Å²) >= 11 is 0. The van der Waals surface area contributed by atoms with E-state index < -0.39 is 0 Å². The van der Waals surface area contributed by atoms with Crippen molar-refractivity contribution in [2.24, 2.45) is 0 Å². The number of carbonyl (C=O) groups is 1. The van der Waals surface area contributed by atoms with Crippen molar-refractivity contribution < 1.29 is 4.79 Å². The molecular formula is C14H18N2O. The van der Waals surface area contributed by atoms with Gasteiger partial charge in [-0.2, -0.15) is 0 Å². The molecule has 1 aliphatic carbocycles. The largest absolute Gasteiger partial charge is 0.336 e. The summed E-state index contributed by atoms with van der Waals surface area (Å²) in [6.45, 7) is 0. The third-order valence-electron chi connectivity index (χ3n) is 3.89. The standard InChI is InChI=1S/C14H18N2O/c17-13-12(11-7-3-1-4-8-11)15-14(16-13)9-5-2-6-10-14/h1,3-4,7-8,12,15H,2,5-6,9-10H2,(H,16,17). The second-order valence-corrected chi connectivity index (χ2v) is 5.12. The third kappa shape index (κ3) is 1.95. The number of carbonyl (C=O) groups excluding carboxylic acids is 1. The van der Waals surface area contributed by atoms with E-state index in [1.165, 1.54) is 19.3 Å². The molecule has 1 aromatic carbocycles. The predicted octanol–water partition coefficient (Wildman–Crippen LogP) is 2.11. The van der Waals surface area contributed by atoms with Crippen molar-refractivity contribution >= 4 is 5.91 Å². The number of hydrogen-bond acceptors (Lipinski definition) is 2. The first-order valence-corrected chi connectivity index (χ1v) is 6.44. The average Bonchev–Trinajstić information content (AvgIpc) is 2.68. The van der Waals surface area contributed by atoms with Crippen molar-refractivity contribution in [3.63, 3.8) is 0 Å². The van der Waals surface area contributed by atoms with Crippen LogP contribution in [0, 0.1) is 0 Å². The van der Waals surface area contributed by atoms with Gasteiger partial charge in [-0.1, -0.05) is 36.8 Å². The highest BCUT2D eigenvalue weighted by Gasteiger charge is 2.44. The highest BCUT2D eigenvalue weighted by molar-refractivity contribution is 5.86. The van der Waals surface area contributed by atoms with Crippen molar-refractivity contribution in [2.75, 3.05) is 0 Å². The fourth-order valence-electron chi connectivity index (χ4n) is 2.99. The minimum absolute atomic E-state index is 0.123. The fourth-order valence-corrected chi connectivity index (χ4v) is 2.99. The summed E-state index contributed by atoms with van der Waals surface area (Å²) in [4.78, 5) is 12.1. The van der Waals surface area contributed by atoms with Gasteiger partial charge in [-0.3, -0.25) is 10.1 Å².